The summed E-state index contributed by atoms with van der Waals surface area (Å²) < 4.78 is 0. The van der Waals surface area contributed by atoms with Crippen LogP contribution in [-0.4, -0.2) is 9.97 Å². The number of rotatable bonds is 6. The molecule has 2 aliphatic carbocycles. The fourth-order valence-electron chi connectivity index (χ4n) is 11.7. The second kappa shape index (κ2) is 14.7. The third-order valence-electron chi connectivity index (χ3n) is 14.6. The predicted octanol–water partition coefficient (Wildman–Crippen LogP) is 16.1. The van der Waals surface area contributed by atoms with E-state index in [1.807, 2.05) is 0 Å². The van der Waals surface area contributed by atoms with Gasteiger partial charge in [0.15, 0.2) is 5.82 Å². The van der Waals surface area contributed by atoms with Gasteiger partial charge in [-0.25, -0.2) is 9.97 Å². The van der Waals surface area contributed by atoms with E-state index in [2.05, 4.69) is 244 Å². The minimum absolute atomic E-state index is 0.133. The van der Waals surface area contributed by atoms with E-state index in [1.165, 1.54) is 82.9 Å². The Morgan fingerprint density at radius 3 is 1.56 bits per heavy atom. The molecule has 1 aromatic heterocycles. The Morgan fingerprint density at radius 1 is 0.318 bits per heavy atom. The van der Waals surface area contributed by atoms with Crippen LogP contribution in [0.5, 0.6) is 0 Å². The molecule has 0 atom stereocenters. The summed E-state index contributed by atoms with van der Waals surface area (Å²) in [5.74, 6) is 0.698. The first-order valence-electron chi connectivity index (χ1n) is 23.0. The lowest BCUT2D eigenvalue weighted by molar-refractivity contribution is 0.661. The van der Waals surface area contributed by atoms with Gasteiger partial charge in [0, 0.05) is 22.1 Å². The van der Waals surface area contributed by atoms with Crippen molar-refractivity contribution in [3.63, 3.8) is 0 Å². The van der Waals surface area contributed by atoms with Gasteiger partial charge in [-0.15, -0.1) is 0 Å². The monoisotopic (exact) mass is 840 g/mol. The van der Waals surface area contributed by atoms with Crippen LogP contribution in [0.1, 0.15) is 47.2 Å². The highest BCUT2D eigenvalue weighted by Gasteiger charge is 2.47. The maximum Gasteiger partial charge on any atom is 0.160 e. The van der Waals surface area contributed by atoms with Crippen molar-refractivity contribution in [3.05, 3.63) is 264 Å². The van der Waals surface area contributed by atoms with E-state index in [0.717, 1.165) is 33.5 Å². The molecule has 1 heterocycles. The van der Waals surface area contributed by atoms with Crippen molar-refractivity contribution >= 4 is 21.5 Å². The molecule has 2 heteroatoms. The largest absolute Gasteiger partial charge is 0.228 e. The molecule has 0 radical (unpaired) electrons. The first-order valence-corrected chi connectivity index (χ1v) is 23.0. The molecule has 0 saturated heterocycles. The number of nitrogens with zero attached hydrogens (tertiary/aromatic N) is 2. The first-order chi connectivity index (χ1) is 32.5. The summed E-state index contributed by atoms with van der Waals surface area (Å²) in [5, 5.41) is 4.92. The molecule has 0 aliphatic heterocycles. The zero-order valence-electron chi connectivity index (χ0n) is 36.8. The lowest BCUT2D eigenvalue weighted by atomic mass is 9.67. The Morgan fingerprint density at radius 2 is 0.833 bits per heavy atom. The summed E-state index contributed by atoms with van der Waals surface area (Å²) in [4.78, 5) is 10.9. The number of aromatic nitrogens is 2. The zero-order chi connectivity index (χ0) is 44.0. The quantitative estimate of drug-likeness (QED) is 0.167. The molecule has 0 amide bonds. The fourth-order valence-corrected chi connectivity index (χ4v) is 11.7. The van der Waals surface area contributed by atoms with E-state index in [4.69, 9.17) is 9.97 Å². The summed E-state index contributed by atoms with van der Waals surface area (Å²) in [7, 11) is 0. The maximum absolute atomic E-state index is 5.48. The van der Waals surface area contributed by atoms with Crippen LogP contribution in [0.15, 0.2) is 231 Å². The Hall–Kier alpha value is -8.20. The summed E-state index contributed by atoms with van der Waals surface area (Å²) in [6.45, 7) is 4.75. The van der Waals surface area contributed by atoms with Crippen molar-refractivity contribution < 1.29 is 0 Å². The lowest BCUT2D eigenvalue weighted by Crippen LogP contribution is -2.28. The number of fused-ring (bicyclic) bond motifs is 9. The van der Waals surface area contributed by atoms with E-state index >= 15 is 0 Å². The highest BCUT2D eigenvalue weighted by atomic mass is 14.9. The molecular weight excluding hydrogens is 797 g/mol. The molecule has 310 valence electrons. The van der Waals surface area contributed by atoms with E-state index in [9.17, 15) is 0 Å². The van der Waals surface area contributed by atoms with E-state index in [1.54, 1.807) is 0 Å². The summed E-state index contributed by atoms with van der Waals surface area (Å²) >= 11 is 0. The van der Waals surface area contributed by atoms with Gasteiger partial charge in [0.05, 0.1) is 16.8 Å². The van der Waals surface area contributed by atoms with Crippen molar-refractivity contribution in [2.75, 3.05) is 0 Å². The molecule has 0 spiro atoms. The summed E-state index contributed by atoms with van der Waals surface area (Å²) in [6, 6.07) is 84.3. The molecule has 0 fully saturated rings. The molecule has 0 bridgehead atoms. The predicted molar refractivity (Wildman–Crippen MR) is 274 cm³/mol. The SMILES string of the molecule is CC1(C)c2cccc(-c3ccc(-c4cc(-c5cccc6c5-c5ccccc5C6(c5ccccc5)c5ccccc5)nc(-c5ccccc5)n4)c4ccccc34)c2-c2c1ccc1ccccc21. The van der Waals surface area contributed by atoms with Crippen LogP contribution in [0.25, 0.3) is 88.8 Å². The smallest absolute Gasteiger partial charge is 0.160 e. The molecule has 2 aliphatic rings. The number of benzene rings is 10. The second-order valence-electron chi connectivity index (χ2n) is 18.4. The normalized spacial score (nSPS) is 13.8. The molecule has 2 nitrogen and oxygen atoms in total. The topological polar surface area (TPSA) is 25.8 Å². The Bertz CT molecular complexity index is 3680. The van der Waals surface area contributed by atoms with Gasteiger partial charge in [-0.2, -0.15) is 0 Å². The molecule has 11 aromatic rings. The van der Waals surface area contributed by atoms with Crippen LogP contribution in [-0.2, 0) is 10.8 Å². The highest BCUT2D eigenvalue weighted by Crippen LogP contribution is 2.59. The van der Waals surface area contributed by atoms with Gasteiger partial charge in [0.2, 0.25) is 0 Å². The molecule has 66 heavy (non-hydrogen) atoms. The number of hydrogen-bond donors (Lipinski definition) is 0. The van der Waals surface area contributed by atoms with Crippen molar-refractivity contribution in [2.24, 2.45) is 0 Å². The zero-order valence-corrected chi connectivity index (χ0v) is 36.8. The van der Waals surface area contributed by atoms with E-state index in [0.29, 0.717) is 5.82 Å². The molecule has 0 saturated carbocycles. The van der Waals surface area contributed by atoms with Crippen molar-refractivity contribution in [1.82, 2.24) is 9.97 Å². The lowest BCUT2D eigenvalue weighted by Gasteiger charge is -2.33. The van der Waals surface area contributed by atoms with Crippen LogP contribution in [0.4, 0.5) is 0 Å². The van der Waals surface area contributed by atoms with Crippen molar-refractivity contribution in [3.8, 4) is 67.3 Å². The van der Waals surface area contributed by atoms with Gasteiger partial charge in [0.25, 0.3) is 0 Å². The molecule has 13 rings (SSSR count). The molecule has 0 unspecified atom stereocenters. The van der Waals surface area contributed by atoms with Gasteiger partial charge < -0.3 is 0 Å². The van der Waals surface area contributed by atoms with E-state index in [-0.39, 0.29) is 5.41 Å². The Balaban J connectivity index is 1.05. The summed E-state index contributed by atoms with van der Waals surface area (Å²) in [6.07, 6.45) is 0. The average molecular weight is 841 g/mol. The Labute approximate surface area is 385 Å². The molecule has 0 N–H and O–H groups in total. The average Bonchev–Trinajstić information content (AvgIpc) is 3.82. The summed E-state index contributed by atoms with van der Waals surface area (Å²) in [5.41, 5.74) is 19.6. The van der Waals surface area contributed by atoms with Gasteiger partial charge in [-0.1, -0.05) is 238 Å². The van der Waals surface area contributed by atoms with Crippen LogP contribution in [0, 0.1) is 0 Å². The molecular formula is C64H44N2. The van der Waals surface area contributed by atoms with Gasteiger partial charge in [0.1, 0.15) is 0 Å². The van der Waals surface area contributed by atoms with Crippen LogP contribution >= 0.6 is 0 Å². The first kappa shape index (κ1) is 38.3. The third-order valence-corrected chi connectivity index (χ3v) is 14.6. The van der Waals surface area contributed by atoms with Crippen LogP contribution in [0.2, 0.25) is 0 Å². The van der Waals surface area contributed by atoms with Crippen molar-refractivity contribution in [1.29, 1.82) is 0 Å². The van der Waals surface area contributed by atoms with Gasteiger partial charge in [-0.3, -0.25) is 0 Å². The van der Waals surface area contributed by atoms with Crippen molar-refractivity contribution in [2.45, 2.75) is 24.7 Å². The van der Waals surface area contributed by atoms with Crippen LogP contribution in [0.3, 0.4) is 0 Å². The van der Waals surface area contributed by atoms with Gasteiger partial charge in [-0.05, 0) is 94.4 Å². The standard InChI is InChI=1S/C64H44N2/c1-63(2)54-34-18-31-50(61(54)60-45-27-13-12-20-41(45)36-39-55(60)63)48-37-38-49(47-29-15-14-28-46(47)48)57-40-58(66-62(65-57)42-21-6-3-7-22-42)52-32-19-35-56-59(52)51-30-16-17-33-53(51)64(56,43-23-8-4-9-24-43)44-25-10-5-11-26-44/h3-40H,1-2H3. The van der Waals surface area contributed by atoms with Crippen LogP contribution < -0.4 is 0 Å². The highest BCUT2D eigenvalue weighted by molar-refractivity contribution is 6.11. The molecule has 10 aromatic carbocycles. The van der Waals surface area contributed by atoms with Gasteiger partial charge >= 0.3 is 0 Å². The third kappa shape index (κ3) is 5.48. The second-order valence-corrected chi connectivity index (χ2v) is 18.4. The fraction of sp³-hybridized carbons (Fsp3) is 0.0625. The minimum Gasteiger partial charge on any atom is -0.228 e. The maximum atomic E-state index is 5.48. The minimum atomic E-state index is -0.520. The van der Waals surface area contributed by atoms with E-state index < -0.39 is 5.41 Å². The Kier molecular flexibility index (Phi) is 8.51. The number of hydrogen-bond acceptors (Lipinski definition) is 2.